The molecule has 2 aromatic carbocycles. The summed E-state index contributed by atoms with van der Waals surface area (Å²) in [5, 5.41) is 3.07. The lowest BCUT2D eigenvalue weighted by Crippen LogP contribution is -2.51. The molecule has 1 saturated heterocycles. The first-order valence-electron chi connectivity index (χ1n) is 11.2. The first kappa shape index (κ1) is 20.6. The monoisotopic (exact) mass is 404 g/mol. The number of hydrogen-bond donors (Lipinski definition) is 1. The number of benzene rings is 2. The molecule has 1 aliphatic heterocycles. The van der Waals surface area contributed by atoms with E-state index < -0.39 is 5.41 Å². The van der Waals surface area contributed by atoms with Crippen molar-refractivity contribution in [3.05, 3.63) is 60.2 Å². The SMILES string of the molecule is CCNC(=O)C1(Cc2cccc(-c3ccccc3)c2)CCN(C(=O)[C@@H]2C[C@H]2C)CC1. The van der Waals surface area contributed by atoms with E-state index in [2.05, 4.69) is 48.6 Å². The van der Waals surface area contributed by atoms with E-state index in [-0.39, 0.29) is 17.7 Å². The summed E-state index contributed by atoms with van der Waals surface area (Å²) in [6, 6.07) is 18.9. The Balaban J connectivity index is 1.52. The van der Waals surface area contributed by atoms with Gasteiger partial charge < -0.3 is 10.2 Å². The van der Waals surface area contributed by atoms with Gasteiger partial charge >= 0.3 is 0 Å². The summed E-state index contributed by atoms with van der Waals surface area (Å²) in [6.45, 7) is 6.10. The zero-order valence-corrected chi connectivity index (χ0v) is 18.1. The van der Waals surface area contributed by atoms with Crippen LogP contribution in [0.25, 0.3) is 11.1 Å². The second-order valence-electron chi connectivity index (χ2n) is 9.03. The molecule has 30 heavy (non-hydrogen) atoms. The van der Waals surface area contributed by atoms with Crippen molar-refractivity contribution in [1.82, 2.24) is 10.2 Å². The van der Waals surface area contributed by atoms with Crippen LogP contribution in [0.15, 0.2) is 54.6 Å². The molecule has 4 rings (SSSR count). The fourth-order valence-electron chi connectivity index (χ4n) is 4.77. The number of carbonyl (C=O) groups excluding carboxylic acids is 2. The van der Waals surface area contributed by atoms with Crippen molar-refractivity contribution in [3.8, 4) is 11.1 Å². The molecule has 1 heterocycles. The van der Waals surface area contributed by atoms with Gasteiger partial charge in [0.15, 0.2) is 0 Å². The van der Waals surface area contributed by atoms with Gasteiger partial charge in [-0.15, -0.1) is 0 Å². The maximum Gasteiger partial charge on any atom is 0.226 e. The van der Waals surface area contributed by atoms with Gasteiger partial charge in [0.2, 0.25) is 11.8 Å². The third-order valence-electron chi connectivity index (χ3n) is 6.85. The van der Waals surface area contributed by atoms with Crippen molar-refractivity contribution in [2.75, 3.05) is 19.6 Å². The Morgan fingerprint density at radius 2 is 1.70 bits per heavy atom. The first-order chi connectivity index (χ1) is 14.5. The Morgan fingerprint density at radius 3 is 2.33 bits per heavy atom. The van der Waals surface area contributed by atoms with E-state index in [0.717, 1.165) is 19.3 Å². The number of hydrogen-bond acceptors (Lipinski definition) is 2. The molecule has 2 fully saturated rings. The largest absolute Gasteiger partial charge is 0.356 e. The van der Waals surface area contributed by atoms with Gasteiger partial charge in [-0.05, 0) is 55.2 Å². The van der Waals surface area contributed by atoms with Gasteiger partial charge in [-0.1, -0.05) is 61.5 Å². The van der Waals surface area contributed by atoms with Crippen LogP contribution in [0.5, 0.6) is 0 Å². The summed E-state index contributed by atoms with van der Waals surface area (Å²) in [4.78, 5) is 27.8. The smallest absolute Gasteiger partial charge is 0.226 e. The third-order valence-corrected chi connectivity index (χ3v) is 6.85. The van der Waals surface area contributed by atoms with E-state index in [1.807, 2.05) is 30.0 Å². The highest BCUT2D eigenvalue weighted by molar-refractivity contribution is 5.85. The Hall–Kier alpha value is -2.62. The topological polar surface area (TPSA) is 49.4 Å². The van der Waals surface area contributed by atoms with Crippen LogP contribution in [0.1, 0.15) is 38.7 Å². The Labute approximate surface area is 179 Å². The quantitative estimate of drug-likeness (QED) is 0.780. The minimum atomic E-state index is -0.447. The number of nitrogens with one attached hydrogen (secondary N) is 1. The average molecular weight is 405 g/mol. The zero-order chi connectivity index (χ0) is 21.1. The van der Waals surface area contributed by atoms with Crippen molar-refractivity contribution in [1.29, 1.82) is 0 Å². The number of rotatable bonds is 6. The second kappa shape index (κ2) is 8.63. The summed E-state index contributed by atoms with van der Waals surface area (Å²) < 4.78 is 0. The minimum absolute atomic E-state index is 0.127. The van der Waals surface area contributed by atoms with Crippen molar-refractivity contribution in [2.24, 2.45) is 17.3 Å². The highest BCUT2D eigenvalue weighted by atomic mass is 16.2. The predicted molar refractivity (Wildman–Crippen MR) is 120 cm³/mol. The Kier molecular flexibility index (Phi) is 5.94. The second-order valence-corrected chi connectivity index (χ2v) is 9.03. The van der Waals surface area contributed by atoms with Crippen LogP contribution < -0.4 is 5.32 Å². The number of carbonyl (C=O) groups is 2. The van der Waals surface area contributed by atoms with Crippen molar-refractivity contribution < 1.29 is 9.59 Å². The molecule has 158 valence electrons. The molecular formula is C26H32N2O2. The fourth-order valence-corrected chi connectivity index (χ4v) is 4.77. The summed E-state index contributed by atoms with van der Waals surface area (Å²) >= 11 is 0. The molecule has 4 heteroatoms. The van der Waals surface area contributed by atoms with E-state index >= 15 is 0 Å². The summed E-state index contributed by atoms with van der Waals surface area (Å²) in [7, 11) is 0. The molecule has 0 aromatic heterocycles. The molecule has 1 aliphatic carbocycles. The minimum Gasteiger partial charge on any atom is -0.356 e. The number of piperidine rings is 1. The van der Waals surface area contributed by atoms with Crippen LogP contribution in [0.4, 0.5) is 0 Å². The highest BCUT2D eigenvalue weighted by Gasteiger charge is 2.46. The van der Waals surface area contributed by atoms with Crippen LogP contribution in [-0.2, 0) is 16.0 Å². The molecule has 2 amide bonds. The van der Waals surface area contributed by atoms with Crippen molar-refractivity contribution in [2.45, 2.75) is 39.5 Å². The van der Waals surface area contributed by atoms with E-state index in [0.29, 0.717) is 32.0 Å². The normalized spacial score (nSPS) is 22.4. The van der Waals surface area contributed by atoms with Crippen LogP contribution in [0.3, 0.4) is 0 Å². The zero-order valence-electron chi connectivity index (χ0n) is 18.1. The number of amides is 2. The Bertz CT molecular complexity index is 900. The average Bonchev–Trinajstić information content (AvgIpc) is 3.51. The number of nitrogens with zero attached hydrogens (tertiary/aromatic N) is 1. The van der Waals surface area contributed by atoms with Gasteiger partial charge in [-0.3, -0.25) is 9.59 Å². The van der Waals surface area contributed by atoms with Crippen LogP contribution in [0, 0.1) is 17.3 Å². The van der Waals surface area contributed by atoms with Gasteiger partial charge in [0.1, 0.15) is 0 Å². The summed E-state index contributed by atoms with van der Waals surface area (Å²) in [5.74, 6) is 1.15. The molecule has 4 nitrogen and oxygen atoms in total. The van der Waals surface area contributed by atoms with Crippen LogP contribution in [0.2, 0.25) is 0 Å². The van der Waals surface area contributed by atoms with E-state index in [9.17, 15) is 9.59 Å². The summed E-state index contributed by atoms with van der Waals surface area (Å²) in [6.07, 6.45) is 3.17. The molecule has 2 atom stereocenters. The lowest BCUT2D eigenvalue weighted by Gasteiger charge is -2.41. The first-order valence-corrected chi connectivity index (χ1v) is 11.2. The van der Waals surface area contributed by atoms with Crippen molar-refractivity contribution >= 4 is 11.8 Å². The molecule has 2 aliphatic rings. The molecule has 2 aromatic rings. The van der Waals surface area contributed by atoms with E-state index in [1.54, 1.807) is 0 Å². The van der Waals surface area contributed by atoms with E-state index in [4.69, 9.17) is 0 Å². The van der Waals surface area contributed by atoms with Gasteiger partial charge in [0, 0.05) is 25.6 Å². The van der Waals surface area contributed by atoms with Crippen molar-refractivity contribution in [3.63, 3.8) is 0 Å². The molecule has 1 N–H and O–H groups in total. The highest BCUT2D eigenvalue weighted by Crippen LogP contribution is 2.42. The van der Waals surface area contributed by atoms with Gasteiger partial charge in [-0.2, -0.15) is 0 Å². The maximum absolute atomic E-state index is 13.1. The predicted octanol–water partition coefficient (Wildman–Crippen LogP) is 4.30. The lowest BCUT2D eigenvalue weighted by atomic mass is 9.72. The van der Waals surface area contributed by atoms with Gasteiger partial charge in [0.05, 0.1) is 5.41 Å². The molecule has 0 bridgehead atoms. The summed E-state index contributed by atoms with van der Waals surface area (Å²) in [5.41, 5.74) is 3.09. The molecular weight excluding hydrogens is 372 g/mol. The fraction of sp³-hybridized carbons (Fsp3) is 0.462. The van der Waals surface area contributed by atoms with E-state index in [1.165, 1.54) is 16.7 Å². The number of likely N-dealkylation sites (tertiary alicyclic amines) is 1. The standard InChI is InChI=1S/C26H32N2O2/c1-3-27-25(30)26(12-14-28(15-13-26)24(29)23-16-19(23)2)18-20-8-7-11-22(17-20)21-9-5-4-6-10-21/h4-11,17,19,23H,3,12-16,18H2,1-2H3,(H,27,30)/t19-,23-/m1/s1. The molecule has 0 unspecified atom stereocenters. The van der Waals surface area contributed by atoms with Crippen LogP contribution in [-0.4, -0.2) is 36.3 Å². The molecule has 1 saturated carbocycles. The molecule has 0 spiro atoms. The van der Waals surface area contributed by atoms with Crippen LogP contribution >= 0.6 is 0 Å². The maximum atomic E-state index is 13.1. The Morgan fingerprint density at radius 1 is 1.03 bits per heavy atom. The lowest BCUT2D eigenvalue weighted by molar-refractivity contribution is -0.141. The van der Waals surface area contributed by atoms with Gasteiger partial charge in [0.25, 0.3) is 0 Å². The third kappa shape index (κ3) is 4.28. The van der Waals surface area contributed by atoms with Gasteiger partial charge in [-0.25, -0.2) is 0 Å². The molecule has 0 radical (unpaired) electrons.